The van der Waals surface area contributed by atoms with Crippen LogP contribution in [0.4, 0.5) is 5.69 Å². The minimum absolute atomic E-state index is 0.145. The minimum atomic E-state index is -1.31. The van der Waals surface area contributed by atoms with Gasteiger partial charge >= 0.3 is 5.97 Å². The molecule has 0 atom stereocenters. The molecule has 0 aliphatic heterocycles. The smallest absolute Gasteiger partial charge is 0.347 e. The van der Waals surface area contributed by atoms with Crippen molar-refractivity contribution in [2.24, 2.45) is 5.92 Å². The van der Waals surface area contributed by atoms with Crippen molar-refractivity contribution in [2.75, 3.05) is 18.4 Å². The summed E-state index contributed by atoms with van der Waals surface area (Å²) in [7, 11) is 0. The zero-order valence-corrected chi connectivity index (χ0v) is 19.0. The number of nitrogens with zero attached hydrogens (tertiary/aromatic N) is 1. The number of anilines is 1. The third-order valence-electron chi connectivity index (χ3n) is 5.00. The van der Waals surface area contributed by atoms with E-state index in [9.17, 15) is 14.7 Å². The molecule has 1 saturated carbocycles. The van der Waals surface area contributed by atoms with Gasteiger partial charge in [-0.2, -0.15) is 0 Å². The van der Waals surface area contributed by atoms with E-state index in [-0.39, 0.29) is 12.5 Å². The van der Waals surface area contributed by atoms with Crippen LogP contribution in [0.3, 0.4) is 0 Å². The normalized spacial score (nSPS) is 13.8. The van der Waals surface area contributed by atoms with Crippen LogP contribution in [-0.4, -0.2) is 40.6 Å². The summed E-state index contributed by atoms with van der Waals surface area (Å²) in [6.07, 6.45) is 2.36. The number of carboxylic acid groups (broad SMARTS) is 1. The van der Waals surface area contributed by atoms with Gasteiger partial charge in [-0.1, -0.05) is 35.3 Å². The van der Waals surface area contributed by atoms with Gasteiger partial charge in [0.1, 0.15) is 5.75 Å². The molecule has 8 heteroatoms. The summed E-state index contributed by atoms with van der Waals surface area (Å²) >= 11 is 12.1. The molecule has 31 heavy (non-hydrogen) atoms. The summed E-state index contributed by atoms with van der Waals surface area (Å²) in [5, 5.41) is 13.0. The van der Waals surface area contributed by atoms with Crippen LogP contribution in [0, 0.1) is 5.92 Å². The van der Waals surface area contributed by atoms with Gasteiger partial charge in [-0.3, -0.25) is 9.69 Å². The maximum atomic E-state index is 12.6. The Balaban J connectivity index is 1.61. The fraction of sp³-hybridized carbons (Fsp3) is 0.391. The second kappa shape index (κ2) is 9.90. The molecule has 0 unspecified atom stereocenters. The first kappa shape index (κ1) is 23.4. The van der Waals surface area contributed by atoms with E-state index < -0.39 is 11.6 Å². The quantitative estimate of drug-likeness (QED) is 0.511. The molecule has 0 spiro atoms. The summed E-state index contributed by atoms with van der Waals surface area (Å²) in [5.74, 6) is -0.0714. The van der Waals surface area contributed by atoms with E-state index >= 15 is 0 Å². The van der Waals surface area contributed by atoms with Crippen LogP contribution >= 0.6 is 23.2 Å². The topological polar surface area (TPSA) is 78.9 Å². The van der Waals surface area contributed by atoms with Crippen LogP contribution in [0.2, 0.25) is 10.0 Å². The molecule has 0 saturated heterocycles. The Labute approximate surface area is 192 Å². The lowest BCUT2D eigenvalue weighted by atomic mass is 10.1. The number of ether oxygens (including phenoxy) is 1. The minimum Gasteiger partial charge on any atom is -0.478 e. The summed E-state index contributed by atoms with van der Waals surface area (Å²) in [6, 6.07) is 12.2. The third-order valence-corrected chi connectivity index (χ3v) is 5.55. The summed E-state index contributed by atoms with van der Waals surface area (Å²) in [5.41, 5.74) is 0.240. The Morgan fingerprint density at radius 1 is 1.16 bits per heavy atom. The average Bonchev–Trinajstić information content (AvgIpc) is 3.49. The predicted octanol–water partition coefficient (Wildman–Crippen LogP) is 5.09. The number of carboxylic acids is 1. The molecule has 2 N–H and O–H groups in total. The highest BCUT2D eigenvalue weighted by molar-refractivity contribution is 6.36. The molecular formula is C23H26Cl2N2O4. The van der Waals surface area contributed by atoms with Gasteiger partial charge in [-0.05, 0) is 68.5 Å². The van der Waals surface area contributed by atoms with Crippen LogP contribution in [0.15, 0.2) is 42.5 Å². The summed E-state index contributed by atoms with van der Waals surface area (Å²) in [4.78, 5) is 25.9. The van der Waals surface area contributed by atoms with Crippen LogP contribution < -0.4 is 10.1 Å². The Kier molecular flexibility index (Phi) is 7.46. The molecule has 6 nitrogen and oxygen atoms in total. The number of halogens is 2. The van der Waals surface area contributed by atoms with Gasteiger partial charge in [-0.15, -0.1) is 0 Å². The fourth-order valence-corrected chi connectivity index (χ4v) is 3.55. The monoisotopic (exact) mass is 464 g/mol. The van der Waals surface area contributed by atoms with E-state index in [0.717, 1.165) is 12.1 Å². The lowest BCUT2D eigenvalue weighted by molar-refractivity contribution is -0.152. The number of benzene rings is 2. The molecule has 2 aromatic carbocycles. The van der Waals surface area contributed by atoms with Crippen LogP contribution in [0.1, 0.15) is 32.3 Å². The molecule has 0 radical (unpaired) electrons. The van der Waals surface area contributed by atoms with Gasteiger partial charge in [0.05, 0.1) is 17.3 Å². The maximum absolute atomic E-state index is 12.6. The predicted molar refractivity (Wildman–Crippen MR) is 122 cm³/mol. The highest BCUT2D eigenvalue weighted by Crippen LogP contribution is 2.30. The highest BCUT2D eigenvalue weighted by Gasteiger charge is 2.29. The molecule has 1 fully saturated rings. The van der Waals surface area contributed by atoms with Gasteiger partial charge in [0, 0.05) is 18.1 Å². The van der Waals surface area contributed by atoms with Crippen LogP contribution in [0.25, 0.3) is 0 Å². The van der Waals surface area contributed by atoms with Crippen molar-refractivity contribution < 1.29 is 19.4 Å². The number of carbonyl (C=O) groups excluding carboxylic acids is 1. The van der Waals surface area contributed by atoms with Crippen molar-refractivity contribution in [3.8, 4) is 5.75 Å². The van der Waals surface area contributed by atoms with Crippen molar-refractivity contribution >= 4 is 40.8 Å². The number of aliphatic carboxylic acids is 1. The number of carbonyl (C=O) groups is 2. The van der Waals surface area contributed by atoms with E-state index in [4.69, 9.17) is 27.9 Å². The van der Waals surface area contributed by atoms with E-state index in [0.29, 0.717) is 33.9 Å². The van der Waals surface area contributed by atoms with Gasteiger partial charge in [0.2, 0.25) is 5.91 Å². The molecule has 1 amide bonds. The molecule has 0 bridgehead atoms. The zero-order valence-electron chi connectivity index (χ0n) is 17.5. The lowest BCUT2D eigenvalue weighted by Crippen LogP contribution is -2.37. The van der Waals surface area contributed by atoms with Crippen molar-refractivity contribution in [3.05, 3.63) is 58.1 Å². The molecule has 0 heterocycles. The Hall–Kier alpha value is -2.28. The number of rotatable bonds is 10. The van der Waals surface area contributed by atoms with Crippen molar-refractivity contribution in [1.29, 1.82) is 0 Å². The Morgan fingerprint density at radius 2 is 1.84 bits per heavy atom. The standard InChI is InChI=1S/C23H26Cl2N2O4/c1-23(2,22(29)30)31-18-8-5-16(6-9-18)13-27(12-15-3-4-15)14-21(28)26-20-10-7-17(24)11-19(20)25/h5-11,15H,3-4,12-14H2,1-2H3,(H,26,28)(H,29,30). The summed E-state index contributed by atoms with van der Waals surface area (Å²) in [6.45, 7) is 4.69. The molecule has 166 valence electrons. The number of nitrogens with one attached hydrogen (secondary N) is 1. The maximum Gasteiger partial charge on any atom is 0.347 e. The second-order valence-electron chi connectivity index (χ2n) is 8.35. The largest absolute Gasteiger partial charge is 0.478 e. The van der Waals surface area contributed by atoms with E-state index in [1.54, 1.807) is 30.3 Å². The second-order valence-corrected chi connectivity index (χ2v) is 9.19. The van der Waals surface area contributed by atoms with Crippen LogP contribution in [0.5, 0.6) is 5.75 Å². The number of hydrogen-bond acceptors (Lipinski definition) is 4. The van der Waals surface area contributed by atoms with E-state index in [1.807, 2.05) is 12.1 Å². The van der Waals surface area contributed by atoms with Crippen molar-refractivity contribution in [3.63, 3.8) is 0 Å². The Morgan fingerprint density at radius 3 is 2.42 bits per heavy atom. The molecule has 1 aliphatic rings. The Bertz CT molecular complexity index is 943. The zero-order chi connectivity index (χ0) is 22.6. The lowest BCUT2D eigenvalue weighted by Gasteiger charge is -2.23. The van der Waals surface area contributed by atoms with Crippen molar-refractivity contribution in [2.45, 2.75) is 38.8 Å². The van der Waals surface area contributed by atoms with E-state index in [2.05, 4.69) is 10.2 Å². The average molecular weight is 465 g/mol. The SMILES string of the molecule is CC(C)(Oc1ccc(CN(CC(=O)Nc2ccc(Cl)cc2Cl)CC2CC2)cc1)C(=O)O. The molecule has 1 aliphatic carbocycles. The highest BCUT2D eigenvalue weighted by atomic mass is 35.5. The number of hydrogen-bond donors (Lipinski definition) is 2. The van der Waals surface area contributed by atoms with Gasteiger partial charge in [-0.25, -0.2) is 4.79 Å². The molecular weight excluding hydrogens is 439 g/mol. The van der Waals surface area contributed by atoms with E-state index in [1.165, 1.54) is 26.7 Å². The first-order valence-electron chi connectivity index (χ1n) is 10.1. The summed E-state index contributed by atoms with van der Waals surface area (Å²) < 4.78 is 5.55. The molecule has 0 aromatic heterocycles. The van der Waals surface area contributed by atoms with Gasteiger partial charge in [0.25, 0.3) is 0 Å². The first-order valence-corrected chi connectivity index (χ1v) is 10.9. The molecule has 3 rings (SSSR count). The first-order chi connectivity index (χ1) is 14.6. The fourth-order valence-electron chi connectivity index (χ4n) is 3.09. The van der Waals surface area contributed by atoms with Gasteiger partial charge < -0.3 is 15.2 Å². The van der Waals surface area contributed by atoms with Crippen molar-refractivity contribution in [1.82, 2.24) is 4.90 Å². The van der Waals surface area contributed by atoms with Crippen LogP contribution in [-0.2, 0) is 16.1 Å². The van der Waals surface area contributed by atoms with Gasteiger partial charge in [0.15, 0.2) is 5.60 Å². The number of amides is 1. The molecule has 2 aromatic rings. The third kappa shape index (κ3) is 7.13.